The highest BCUT2D eigenvalue weighted by atomic mass is 32.2. The Bertz CT molecular complexity index is 273. The first kappa shape index (κ1) is 12.6. The van der Waals surface area contributed by atoms with Crippen molar-refractivity contribution < 1.29 is 0 Å². The lowest BCUT2D eigenvalue weighted by Gasteiger charge is -2.10. The molecule has 1 N–H and O–H groups in total. The molecule has 1 rings (SSSR count). The highest BCUT2D eigenvalue weighted by Gasteiger charge is 2.03. The van der Waals surface area contributed by atoms with Crippen LogP contribution in [0.5, 0.6) is 0 Å². The van der Waals surface area contributed by atoms with Gasteiger partial charge in [0, 0.05) is 23.9 Å². The van der Waals surface area contributed by atoms with E-state index in [9.17, 15) is 0 Å². The molecule has 1 aromatic rings. The van der Waals surface area contributed by atoms with Crippen LogP contribution in [0, 0.1) is 5.92 Å². The summed E-state index contributed by atoms with van der Waals surface area (Å²) in [5.74, 6) is 1.87. The van der Waals surface area contributed by atoms with Gasteiger partial charge in [-0.1, -0.05) is 13.8 Å². The zero-order valence-corrected chi connectivity index (χ0v) is 10.7. The zero-order valence-electron chi connectivity index (χ0n) is 9.86. The fraction of sp³-hybridized carbons (Fsp3) is 0.727. The molecule has 1 unspecified atom stereocenters. The Morgan fingerprint density at radius 1 is 1.60 bits per heavy atom. The highest BCUT2D eigenvalue weighted by Crippen LogP contribution is 2.19. The van der Waals surface area contributed by atoms with E-state index in [1.165, 1.54) is 11.3 Å². The molecule has 0 saturated heterocycles. The summed E-state index contributed by atoms with van der Waals surface area (Å²) in [5, 5.41) is 7.59. The van der Waals surface area contributed by atoms with Gasteiger partial charge in [0.2, 0.25) is 0 Å². The summed E-state index contributed by atoms with van der Waals surface area (Å²) in [6.07, 6.45) is 5.20. The fourth-order valence-electron chi connectivity index (χ4n) is 1.30. The van der Waals surface area contributed by atoms with Crippen LogP contribution in [0.2, 0.25) is 0 Å². The van der Waals surface area contributed by atoms with Crippen LogP contribution in [0.3, 0.4) is 0 Å². The smallest absolute Gasteiger partial charge is 0.0625 e. The van der Waals surface area contributed by atoms with Crippen LogP contribution >= 0.6 is 11.8 Å². The summed E-state index contributed by atoms with van der Waals surface area (Å²) in [6.45, 7) is 6.72. The first-order chi connectivity index (χ1) is 7.22. The van der Waals surface area contributed by atoms with Crippen molar-refractivity contribution in [2.75, 3.05) is 18.8 Å². The van der Waals surface area contributed by atoms with E-state index in [0.717, 1.165) is 18.8 Å². The SMILES string of the molecule is CCCNCC(C)CSc1cnn(C)c1. The second kappa shape index (κ2) is 6.90. The van der Waals surface area contributed by atoms with E-state index in [1.807, 2.05) is 29.7 Å². The molecule has 1 aromatic heterocycles. The number of aromatic nitrogens is 2. The quantitative estimate of drug-likeness (QED) is 0.572. The van der Waals surface area contributed by atoms with Crippen molar-refractivity contribution in [3.8, 4) is 0 Å². The number of nitrogens with one attached hydrogen (secondary N) is 1. The Kier molecular flexibility index (Phi) is 5.79. The number of nitrogens with zero attached hydrogens (tertiary/aromatic N) is 2. The monoisotopic (exact) mass is 227 g/mol. The number of hydrogen-bond donors (Lipinski definition) is 1. The molecule has 3 nitrogen and oxygen atoms in total. The molecule has 0 fully saturated rings. The Hall–Kier alpha value is -0.480. The molecule has 0 spiro atoms. The highest BCUT2D eigenvalue weighted by molar-refractivity contribution is 7.99. The average molecular weight is 227 g/mol. The van der Waals surface area contributed by atoms with Gasteiger partial charge in [-0.15, -0.1) is 11.8 Å². The average Bonchev–Trinajstić information content (AvgIpc) is 2.62. The molecule has 0 amide bonds. The number of aryl methyl sites for hydroxylation is 1. The summed E-state index contributed by atoms with van der Waals surface area (Å²) in [7, 11) is 1.95. The van der Waals surface area contributed by atoms with Crippen molar-refractivity contribution in [2.45, 2.75) is 25.2 Å². The summed E-state index contributed by atoms with van der Waals surface area (Å²) >= 11 is 1.88. The summed E-state index contributed by atoms with van der Waals surface area (Å²) < 4.78 is 1.85. The van der Waals surface area contributed by atoms with Crippen LogP contribution in [0.25, 0.3) is 0 Å². The predicted octanol–water partition coefficient (Wildman–Crippen LogP) is 2.15. The maximum Gasteiger partial charge on any atom is 0.0625 e. The lowest BCUT2D eigenvalue weighted by molar-refractivity contribution is 0.557. The van der Waals surface area contributed by atoms with Gasteiger partial charge in [0.05, 0.1) is 6.20 Å². The number of rotatable bonds is 7. The van der Waals surface area contributed by atoms with Gasteiger partial charge < -0.3 is 5.32 Å². The van der Waals surface area contributed by atoms with Gasteiger partial charge in [-0.2, -0.15) is 5.10 Å². The van der Waals surface area contributed by atoms with E-state index >= 15 is 0 Å². The van der Waals surface area contributed by atoms with Gasteiger partial charge in [-0.05, 0) is 25.4 Å². The minimum absolute atomic E-state index is 0.710. The largest absolute Gasteiger partial charge is 0.316 e. The number of thioether (sulfide) groups is 1. The lowest BCUT2D eigenvalue weighted by atomic mass is 10.2. The third-order valence-corrected chi connectivity index (χ3v) is 3.42. The second-order valence-electron chi connectivity index (χ2n) is 3.97. The molecule has 0 radical (unpaired) electrons. The Labute approximate surface area is 96.6 Å². The molecule has 15 heavy (non-hydrogen) atoms. The van der Waals surface area contributed by atoms with Gasteiger partial charge in [-0.3, -0.25) is 4.68 Å². The van der Waals surface area contributed by atoms with E-state index in [2.05, 4.69) is 30.5 Å². The topological polar surface area (TPSA) is 29.9 Å². The van der Waals surface area contributed by atoms with E-state index in [0.29, 0.717) is 5.92 Å². The van der Waals surface area contributed by atoms with E-state index in [1.54, 1.807) is 0 Å². The van der Waals surface area contributed by atoms with Crippen molar-refractivity contribution in [2.24, 2.45) is 13.0 Å². The molecular weight excluding hydrogens is 206 g/mol. The third-order valence-electron chi connectivity index (χ3n) is 2.14. The predicted molar refractivity (Wildman–Crippen MR) is 66.3 cm³/mol. The minimum atomic E-state index is 0.710. The molecule has 0 saturated carbocycles. The normalized spacial score (nSPS) is 13.0. The molecule has 1 atom stereocenters. The number of hydrogen-bond acceptors (Lipinski definition) is 3. The van der Waals surface area contributed by atoms with Crippen LogP contribution in [0.4, 0.5) is 0 Å². The van der Waals surface area contributed by atoms with Gasteiger partial charge >= 0.3 is 0 Å². The molecule has 1 heterocycles. The van der Waals surface area contributed by atoms with Crippen LogP contribution in [-0.4, -0.2) is 28.6 Å². The van der Waals surface area contributed by atoms with Crippen LogP contribution in [-0.2, 0) is 7.05 Å². The molecular formula is C11H21N3S. The summed E-state index contributed by atoms with van der Waals surface area (Å²) in [4.78, 5) is 1.26. The first-order valence-corrected chi connectivity index (χ1v) is 6.53. The van der Waals surface area contributed by atoms with Crippen molar-refractivity contribution in [3.05, 3.63) is 12.4 Å². The van der Waals surface area contributed by atoms with Gasteiger partial charge in [-0.25, -0.2) is 0 Å². The zero-order chi connectivity index (χ0) is 11.1. The second-order valence-corrected chi connectivity index (χ2v) is 5.06. The van der Waals surface area contributed by atoms with Crippen LogP contribution in [0.1, 0.15) is 20.3 Å². The van der Waals surface area contributed by atoms with Crippen molar-refractivity contribution in [1.29, 1.82) is 0 Å². The fourth-order valence-corrected chi connectivity index (χ4v) is 2.24. The van der Waals surface area contributed by atoms with Gasteiger partial charge in [0.1, 0.15) is 0 Å². The Morgan fingerprint density at radius 3 is 3.00 bits per heavy atom. The molecule has 0 aliphatic rings. The molecule has 0 bridgehead atoms. The van der Waals surface area contributed by atoms with E-state index in [4.69, 9.17) is 0 Å². The standard InChI is InChI=1S/C11H21N3S/c1-4-5-12-6-10(2)9-15-11-7-13-14(3)8-11/h7-8,10,12H,4-6,9H2,1-3H3. The summed E-state index contributed by atoms with van der Waals surface area (Å²) in [5.41, 5.74) is 0. The van der Waals surface area contributed by atoms with Crippen LogP contribution < -0.4 is 5.32 Å². The molecule has 0 aliphatic carbocycles. The molecule has 86 valence electrons. The van der Waals surface area contributed by atoms with Crippen molar-refractivity contribution in [1.82, 2.24) is 15.1 Å². The van der Waals surface area contributed by atoms with E-state index in [-0.39, 0.29) is 0 Å². The van der Waals surface area contributed by atoms with Crippen LogP contribution in [0.15, 0.2) is 17.3 Å². The van der Waals surface area contributed by atoms with Gasteiger partial charge in [0.15, 0.2) is 0 Å². The Morgan fingerprint density at radius 2 is 2.40 bits per heavy atom. The maximum atomic E-state index is 4.15. The van der Waals surface area contributed by atoms with Gasteiger partial charge in [0.25, 0.3) is 0 Å². The van der Waals surface area contributed by atoms with Crippen molar-refractivity contribution in [3.63, 3.8) is 0 Å². The Balaban J connectivity index is 2.13. The maximum absolute atomic E-state index is 4.15. The molecule has 0 aromatic carbocycles. The minimum Gasteiger partial charge on any atom is -0.316 e. The van der Waals surface area contributed by atoms with Crippen molar-refractivity contribution >= 4 is 11.8 Å². The molecule has 0 aliphatic heterocycles. The lowest BCUT2D eigenvalue weighted by Crippen LogP contribution is -2.22. The third kappa shape index (κ3) is 5.23. The first-order valence-electron chi connectivity index (χ1n) is 5.54. The van der Waals surface area contributed by atoms with E-state index < -0.39 is 0 Å². The summed E-state index contributed by atoms with van der Waals surface area (Å²) in [6, 6.07) is 0. The molecule has 4 heteroatoms.